The van der Waals surface area contributed by atoms with E-state index in [0.29, 0.717) is 0 Å². The summed E-state index contributed by atoms with van der Waals surface area (Å²) in [5.41, 5.74) is 3.21. The fraction of sp³-hybridized carbons (Fsp3) is 0. The molecule has 0 radical (unpaired) electrons. The molecule has 0 aliphatic rings. The predicted octanol–water partition coefficient (Wildman–Crippen LogP) is 1.60. The fourth-order valence-corrected chi connectivity index (χ4v) is 0.123. The van der Waals surface area contributed by atoms with Crippen molar-refractivity contribution in [3.05, 3.63) is 23.6 Å². The fourth-order valence-electron chi connectivity index (χ4n) is 0.123. The van der Waals surface area contributed by atoms with Crippen molar-refractivity contribution < 1.29 is 8.78 Å². The highest BCUT2D eigenvalue weighted by Crippen LogP contribution is 1.89. The minimum atomic E-state index is -1.98. The summed E-state index contributed by atoms with van der Waals surface area (Å²) >= 11 is 0. The number of hydrogen-bond acceptors (Lipinski definition) is 1. The summed E-state index contributed by atoms with van der Waals surface area (Å²) in [5.74, 6) is 0. The lowest BCUT2D eigenvalue weighted by Crippen LogP contribution is -1.42. The molecule has 0 aromatic rings. The van der Waals surface area contributed by atoms with E-state index in [1.165, 1.54) is 11.8 Å². The predicted molar refractivity (Wildman–Crippen MR) is 22.9 cm³/mol. The monoisotopic (exact) mass is 113 g/mol. The average molecular weight is 113 g/mol. The highest BCUT2D eigenvalue weighted by Gasteiger charge is 1.74. The summed E-state index contributed by atoms with van der Waals surface area (Å²) in [6.45, 7) is 0. The van der Waals surface area contributed by atoms with E-state index in [9.17, 15) is 8.78 Å². The molecule has 0 aliphatic carbocycles. The van der Waals surface area contributed by atoms with Crippen molar-refractivity contribution in [2.45, 2.75) is 0 Å². The maximum Gasteiger partial charge on any atom is 0.321 e. The Hall–Kier alpha value is -1.35. The molecule has 0 aliphatic heterocycles. The van der Waals surface area contributed by atoms with Crippen molar-refractivity contribution in [2.75, 3.05) is 0 Å². The van der Waals surface area contributed by atoms with Gasteiger partial charge in [0.25, 0.3) is 0 Å². The van der Waals surface area contributed by atoms with Crippen molar-refractivity contribution in [1.29, 1.82) is 5.26 Å². The Labute approximate surface area is 44.9 Å². The highest BCUT2D eigenvalue weighted by molar-refractivity contribution is 5.01. The number of allylic oxidation sites excluding steroid dienone is 1. The van der Waals surface area contributed by atoms with E-state index < -0.39 is 6.08 Å². The molecule has 0 spiro atoms. The van der Waals surface area contributed by atoms with Crippen molar-refractivity contribution in [1.82, 2.24) is 0 Å². The van der Waals surface area contributed by atoms with Gasteiger partial charge in [0.15, 0.2) is 0 Å². The molecule has 0 amide bonds. The molecule has 0 heterocycles. The van der Waals surface area contributed by atoms with Gasteiger partial charge in [-0.05, 0) is 0 Å². The van der Waals surface area contributed by atoms with Gasteiger partial charge in [-0.1, -0.05) is 5.73 Å². The zero-order valence-electron chi connectivity index (χ0n) is 3.78. The molecule has 3 heteroatoms. The summed E-state index contributed by atoms with van der Waals surface area (Å²) in [5, 5.41) is 7.72. The molecule has 8 heavy (non-hydrogen) atoms. The van der Waals surface area contributed by atoms with Crippen molar-refractivity contribution in [3.8, 4) is 6.07 Å². The van der Waals surface area contributed by atoms with Crippen LogP contribution in [0.2, 0.25) is 0 Å². The Bertz CT molecular complexity index is 195. The molecule has 0 aromatic carbocycles. The van der Waals surface area contributed by atoms with E-state index in [1.54, 1.807) is 0 Å². The molecule has 0 aromatic heterocycles. The average Bonchev–Trinajstić information content (AvgIpc) is 1.66. The molecule has 0 rings (SSSR count). The topological polar surface area (TPSA) is 23.8 Å². The molecule has 0 unspecified atom stereocenters. The van der Waals surface area contributed by atoms with Crippen LogP contribution in [0.3, 0.4) is 0 Å². The number of nitrogens with zero attached hydrogens (tertiary/aromatic N) is 1. The molecule has 0 atom stereocenters. The number of halogens is 2. The molecular weight excluding hydrogens is 112 g/mol. The minimum Gasteiger partial charge on any atom is -0.192 e. The SMILES string of the molecule is N#CC=C=C=C(F)F. The standard InChI is InChI=1S/C5HF2N/c6-5(7)3-1-2-4-8/h2H. The van der Waals surface area contributed by atoms with Gasteiger partial charge in [0, 0.05) is 5.73 Å². The van der Waals surface area contributed by atoms with E-state index in [1.807, 2.05) is 5.73 Å². The van der Waals surface area contributed by atoms with Gasteiger partial charge in [0.2, 0.25) is 0 Å². The molecular formula is C5HF2N. The van der Waals surface area contributed by atoms with Gasteiger partial charge in [0.1, 0.15) is 6.07 Å². The van der Waals surface area contributed by atoms with Crippen LogP contribution in [-0.4, -0.2) is 0 Å². The van der Waals surface area contributed by atoms with Crippen molar-refractivity contribution in [2.24, 2.45) is 0 Å². The number of nitriles is 1. The second-order valence-corrected chi connectivity index (χ2v) is 0.803. The molecule has 0 saturated heterocycles. The lowest BCUT2D eigenvalue weighted by Gasteiger charge is -1.57. The smallest absolute Gasteiger partial charge is 0.192 e. The third kappa shape index (κ3) is 4.65. The maximum absolute atomic E-state index is 11.0. The van der Waals surface area contributed by atoms with Gasteiger partial charge in [-0.2, -0.15) is 14.0 Å². The van der Waals surface area contributed by atoms with Crippen LogP contribution < -0.4 is 0 Å². The Kier molecular flexibility index (Phi) is 3.18. The lowest BCUT2D eigenvalue weighted by molar-refractivity contribution is 0.424. The first-order chi connectivity index (χ1) is 3.77. The summed E-state index contributed by atoms with van der Waals surface area (Å²) < 4.78 is 21.9. The van der Waals surface area contributed by atoms with Gasteiger partial charge >= 0.3 is 6.08 Å². The van der Waals surface area contributed by atoms with Crippen LogP contribution in [-0.2, 0) is 0 Å². The van der Waals surface area contributed by atoms with Crippen molar-refractivity contribution in [3.63, 3.8) is 0 Å². The Morgan fingerprint density at radius 1 is 1.50 bits per heavy atom. The van der Waals surface area contributed by atoms with E-state index >= 15 is 0 Å². The van der Waals surface area contributed by atoms with Crippen LogP contribution in [0, 0.1) is 11.3 Å². The van der Waals surface area contributed by atoms with E-state index in [-0.39, 0.29) is 0 Å². The first kappa shape index (κ1) is 6.65. The van der Waals surface area contributed by atoms with Crippen LogP contribution >= 0.6 is 0 Å². The Morgan fingerprint density at radius 3 is 2.50 bits per heavy atom. The van der Waals surface area contributed by atoms with E-state index in [4.69, 9.17) is 5.26 Å². The van der Waals surface area contributed by atoms with Crippen LogP contribution in [0.15, 0.2) is 23.6 Å². The summed E-state index contributed by atoms with van der Waals surface area (Å²) in [6.07, 6.45) is -1.18. The highest BCUT2D eigenvalue weighted by atomic mass is 19.3. The first-order valence-electron chi connectivity index (χ1n) is 1.68. The van der Waals surface area contributed by atoms with Gasteiger partial charge in [-0.25, -0.2) is 0 Å². The molecule has 0 N–H and O–H groups in total. The Morgan fingerprint density at radius 2 is 2.12 bits per heavy atom. The lowest BCUT2D eigenvalue weighted by atomic mass is 10.6. The third-order valence-corrected chi connectivity index (χ3v) is 0.303. The maximum atomic E-state index is 11.0. The molecule has 1 nitrogen and oxygen atoms in total. The zero-order chi connectivity index (χ0) is 6.41. The van der Waals surface area contributed by atoms with Gasteiger partial charge in [0.05, 0.1) is 6.08 Å². The van der Waals surface area contributed by atoms with E-state index in [0.717, 1.165) is 6.08 Å². The molecule has 0 fully saturated rings. The first-order valence-corrected chi connectivity index (χ1v) is 1.68. The zero-order valence-corrected chi connectivity index (χ0v) is 3.78. The van der Waals surface area contributed by atoms with E-state index in [2.05, 4.69) is 0 Å². The van der Waals surface area contributed by atoms with Crippen molar-refractivity contribution >= 4 is 0 Å². The molecule has 0 saturated carbocycles. The van der Waals surface area contributed by atoms with Crippen LogP contribution in [0.25, 0.3) is 0 Å². The van der Waals surface area contributed by atoms with Gasteiger partial charge in [-0.3, -0.25) is 0 Å². The minimum absolute atomic E-state index is 0.791. The summed E-state index contributed by atoms with van der Waals surface area (Å²) in [4.78, 5) is 0. The summed E-state index contributed by atoms with van der Waals surface area (Å²) in [7, 11) is 0. The number of hydrogen-bond donors (Lipinski definition) is 0. The van der Waals surface area contributed by atoms with Gasteiger partial charge in [-0.15, -0.1) is 0 Å². The van der Waals surface area contributed by atoms with Crippen LogP contribution in [0.5, 0.6) is 0 Å². The Balaban J connectivity index is 4.29. The largest absolute Gasteiger partial charge is 0.321 e. The second-order valence-electron chi connectivity index (χ2n) is 0.803. The second kappa shape index (κ2) is 3.83. The summed E-state index contributed by atoms with van der Waals surface area (Å²) in [6, 6.07) is 1.48. The molecule has 0 bridgehead atoms. The normalized spacial score (nSPS) is 5.62. The third-order valence-electron chi connectivity index (χ3n) is 0.303. The molecule has 40 valence electrons. The van der Waals surface area contributed by atoms with Gasteiger partial charge < -0.3 is 0 Å². The van der Waals surface area contributed by atoms with Crippen LogP contribution in [0.4, 0.5) is 8.78 Å². The number of rotatable bonds is 0. The quantitative estimate of drug-likeness (QED) is 0.345. The van der Waals surface area contributed by atoms with Crippen LogP contribution in [0.1, 0.15) is 0 Å².